The van der Waals surface area contributed by atoms with E-state index in [1.165, 1.54) is 0 Å². The highest BCUT2D eigenvalue weighted by molar-refractivity contribution is 6.73. The van der Waals surface area contributed by atoms with Gasteiger partial charge in [-0.1, -0.05) is 33.8 Å². The summed E-state index contributed by atoms with van der Waals surface area (Å²) in [5.74, 6) is -0.649. The van der Waals surface area contributed by atoms with Crippen LogP contribution in [-0.4, -0.2) is 45.1 Å². The maximum atomic E-state index is 11.1. The Morgan fingerprint density at radius 2 is 1.86 bits per heavy atom. The summed E-state index contributed by atoms with van der Waals surface area (Å²) in [5.41, 5.74) is 0.666. The molecule has 0 aromatic rings. The van der Waals surface area contributed by atoms with Crippen LogP contribution in [0.5, 0.6) is 0 Å². The van der Waals surface area contributed by atoms with Crippen LogP contribution in [0.25, 0.3) is 0 Å². The molecule has 2 aliphatic carbocycles. The molecular weight excluding hydrogens is 382 g/mol. The summed E-state index contributed by atoms with van der Waals surface area (Å²) < 4.78 is 18.6. The van der Waals surface area contributed by atoms with Crippen LogP contribution in [0, 0.1) is 28.6 Å². The highest BCUT2D eigenvalue weighted by Gasteiger charge is 2.64. The molecule has 1 N–H and O–H groups in total. The molecule has 1 unspecified atom stereocenters. The predicted octanol–water partition coefficient (Wildman–Crippen LogP) is 4.78. The lowest BCUT2D eigenvalue weighted by Gasteiger charge is -2.47. The van der Waals surface area contributed by atoms with Gasteiger partial charge in [0.2, 0.25) is 0 Å². The Kier molecular flexibility index (Phi) is 7.28. The Morgan fingerprint density at radius 1 is 1.21 bits per heavy atom. The van der Waals surface area contributed by atoms with E-state index in [1.54, 1.807) is 0 Å². The molecule has 164 valence electrons. The number of nitriles is 1. The Balaban J connectivity index is 1.72. The first-order valence-corrected chi connectivity index (χ1v) is 14.1. The number of ether oxygens (including phenoxy) is 2. The Hall–Kier alpha value is -0.713. The zero-order valence-electron chi connectivity index (χ0n) is 18.5. The summed E-state index contributed by atoms with van der Waals surface area (Å²) in [7, 11) is -1.70. The lowest BCUT2D eigenvalue weighted by Crippen LogP contribution is -2.48. The molecule has 3 fully saturated rings. The molecule has 0 amide bonds. The van der Waals surface area contributed by atoms with Crippen LogP contribution >= 0.6 is 0 Å². The first-order valence-electron chi connectivity index (χ1n) is 11.6. The number of nitrogens with zero attached hydrogens (tertiary/aromatic N) is 1. The Labute approximate surface area is 177 Å². The average molecular weight is 422 g/mol. The third-order valence-corrected chi connectivity index (χ3v) is 12.8. The van der Waals surface area contributed by atoms with Crippen molar-refractivity contribution in [2.75, 3.05) is 19.8 Å². The summed E-state index contributed by atoms with van der Waals surface area (Å²) in [6, 6.07) is 5.82. The van der Waals surface area contributed by atoms with Crippen molar-refractivity contribution in [3.63, 3.8) is 0 Å². The van der Waals surface area contributed by atoms with Crippen molar-refractivity contribution >= 4 is 8.32 Å². The van der Waals surface area contributed by atoms with Crippen LogP contribution in [0.2, 0.25) is 18.1 Å². The third-order valence-electron chi connectivity index (χ3n) is 8.21. The first kappa shape index (κ1) is 23.0. The largest absolute Gasteiger partial charge is 0.413 e. The third kappa shape index (κ3) is 4.22. The quantitative estimate of drug-likeness (QED) is 0.428. The summed E-state index contributed by atoms with van der Waals surface area (Å²) in [5, 5.41) is 20.9. The number of aliphatic hydroxyl groups is 1. The van der Waals surface area contributed by atoms with Crippen LogP contribution in [0.1, 0.15) is 59.3 Å². The molecule has 0 aromatic heterocycles. The zero-order valence-corrected chi connectivity index (χ0v) is 19.5. The number of hydrogen-bond acceptors (Lipinski definition) is 5. The van der Waals surface area contributed by atoms with E-state index in [9.17, 15) is 10.4 Å². The highest BCUT2D eigenvalue weighted by Crippen LogP contribution is 2.63. The lowest BCUT2D eigenvalue weighted by atomic mass is 9.60. The van der Waals surface area contributed by atoms with Crippen molar-refractivity contribution in [1.29, 1.82) is 5.26 Å². The van der Waals surface area contributed by atoms with Gasteiger partial charge >= 0.3 is 0 Å². The maximum absolute atomic E-state index is 11.1. The van der Waals surface area contributed by atoms with Crippen LogP contribution in [0.4, 0.5) is 0 Å². The van der Waals surface area contributed by atoms with Gasteiger partial charge in [0.1, 0.15) is 0 Å². The molecule has 0 radical (unpaired) electrons. The van der Waals surface area contributed by atoms with E-state index in [2.05, 4.69) is 33.4 Å². The average Bonchev–Trinajstić information content (AvgIpc) is 3.35. The second kappa shape index (κ2) is 9.19. The van der Waals surface area contributed by atoms with Crippen molar-refractivity contribution in [2.45, 2.75) is 89.3 Å². The van der Waals surface area contributed by atoms with E-state index < -0.39 is 20.2 Å². The molecular formula is C23H39NO4Si. The summed E-state index contributed by atoms with van der Waals surface area (Å²) >= 11 is 0. The van der Waals surface area contributed by atoms with Gasteiger partial charge in [0.15, 0.2) is 14.1 Å². The summed E-state index contributed by atoms with van der Waals surface area (Å²) in [4.78, 5) is 0. The molecule has 1 heterocycles. The molecule has 1 aliphatic heterocycles. The minimum atomic E-state index is -1.70. The molecule has 4 atom stereocenters. The first-order chi connectivity index (χ1) is 13.9. The van der Waals surface area contributed by atoms with Gasteiger partial charge < -0.3 is 19.0 Å². The van der Waals surface area contributed by atoms with E-state index in [4.69, 9.17) is 13.9 Å². The second-order valence-corrected chi connectivity index (χ2v) is 14.2. The fraction of sp³-hybridized carbons (Fsp3) is 0.870. The molecule has 29 heavy (non-hydrogen) atoms. The SMILES string of the molecule is C=C(CO[Si](CC)(CC)CC)C(O)C[C@@]12CCC[C@H](C#N)[C@@H]1C1(CC2)OCCO1. The van der Waals surface area contributed by atoms with Crippen molar-refractivity contribution in [1.82, 2.24) is 0 Å². The fourth-order valence-corrected chi connectivity index (χ4v) is 8.85. The standard InChI is InChI=1S/C23H39NO4Si/c1-5-29(6-2,7-3)28-17-18(4)20(25)15-22-10-8-9-19(16-24)21(22)23(12-11-22)26-13-14-27-23/h19-21,25H,4-15,17H2,1-3H3/t19-,20?,21+,22+/m1/s1. The van der Waals surface area contributed by atoms with Gasteiger partial charge in [-0.05, 0) is 54.8 Å². The second-order valence-electron chi connectivity index (χ2n) is 9.39. The van der Waals surface area contributed by atoms with E-state index in [1.807, 2.05) is 0 Å². The topological polar surface area (TPSA) is 71.7 Å². The van der Waals surface area contributed by atoms with Crippen molar-refractivity contribution in [3.8, 4) is 6.07 Å². The number of hydrogen-bond donors (Lipinski definition) is 1. The number of aliphatic hydroxyl groups excluding tert-OH is 1. The van der Waals surface area contributed by atoms with Gasteiger partial charge in [-0.15, -0.1) is 0 Å². The van der Waals surface area contributed by atoms with Crippen LogP contribution in [0.15, 0.2) is 12.2 Å². The summed E-state index contributed by atoms with van der Waals surface area (Å²) in [6.45, 7) is 12.5. The minimum absolute atomic E-state index is 0.0370. The monoisotopic (exact) mass is 421 g/mol. The lowest BCUT2D eigenvalue weighted by molar-refractivity contribution is -0.211. The predicted molar refractivity (Wildman–Crippen MR) is 116 cm³/mol. The number of rotatable bonds is 9. The highest BCUT2D eigenvalue weighted by atomic mass is 28.4. The molecule has 3 aliphatic rings. The van der Waals surface area contributed by atoms with E-state index in [0.717, 1.165) is 55.8 Å². The van der Waals surface area contributed by atoms with Crippen molar-refractivity contribution in [2.24, 2.45) is 17.3 Å². The molecule has 1 spiro atoms. The van der Waals surface area contributed by atoms with Gasteiger partial charge in [-0.3, -0.25) is 0 Å². The fourth-order valence-electron chi connectivity index (χ4n) is 6.25. The molecule has 3 rings (SSSR count). The van der Waals surface area contributed by atoms with Gasteiger partial charge in [0, 0.05) is 12.3 Å². The van der Waals surface area contributed by atoms with Crippen LogP contribution in [0.3, 0.4) is 0 Å². The Bertz CT molecular complexity index is 615. The smallest absolute Gasteiger partial charge is 0.192 e. The molecule has 6 heteroatoms. The van der Waals surface area contributed by atoms with Crippen LogP contribution < -0.4 is 0 Å². The maximum Gasteiger partial charge on any atom is 0.192 e. The van der Waals surface area contributed by atoms with Crippen LogP contribution in [-0.2, 0) is 13.9 Å². The normalized spacial score (nSPS) is 32.1. The van der Waals surface area contributed by atoms with Gasteiger partial charge in [-0.2, -0.15) is 5.26 Å². The summed E-state index contributed by atoms with van der Waals surface area (Å²) in [6.07, 6.45) is 4.73. The molecule has 5 nitrogen and oxygen atoms in total. The van der Waals surface area contributed by atoms with E-state index in [-0.39, 0.29) is 17.3 Å². The van der Waals surface area contributed by atoms with E-state index in [0.29, 0.717) is 26.2 Å². The molecule has 1 saturated heterocycles. The van der Waals surface area contributed by atoms with Gasteiger partial charge in [0.05, 0.1) is 37.9 Å². The van der Waals surface area contributed by atoms with Crippen molar-refractivity contribution in [3.05, 3.63) is 12.2 Å². The minimum Gasteiger partial charge on any atom is -0.413 e. The van der Waals surface area contributed by atoms with Gasteiger partial charge in [0.25, 0.3) is 0 Å². The molecule has 0 bridgehead atoms. The molecule has 0 aromatic carbocycles. The van der Waals surface area contributed by atoms with Gasteiger partial charge in [-0.25, -0.2) is 0 Å². The Morgan fingerprint density at radius 3 is 2.45 bits per heavy atom. The molecule has 2 saturated carbocycles. The van der Waals surface area contributed by atoms with Crippen molar-refractivity contribution < 1.29 is 19.0 Å². The van der Waals surface area contributed by atoms with E-state index >= 15 is 0 Å². The number of fused-ring (bicyclic) bond motifs is 2. The zero-order chi connectivity index (χ0) is 21.1.